The van der Waals surface area contributed by atoms with Crippen molar-refractivity contribution in [3.05, 3.63) is 88.6 Å². The average Bonchev–Trinajstić information content (AvgIpc) is 3.03. The van der Waals surface area contributed by atoms with Crippen LogP contribution in [-0.2, 0) is 9.59 Å². The molecule has 2 heterocycles. The molecule has 1 N–H and O–H groups in total. The van der Waals surface area contributed by atoms with Gasteiger partial charge in [0.1, 0.15) is 18.9 Å². The molecule has 33 heavy (non-hydrogen) atoms. The van der Waals surface area contributed by atoms with Gasteiger partial charge in [0, 0.05) is 11.8 Å². The number of anilines is 2. The van der Waals surface area contributed by atoms with Crippen LogP contribution in [0.4, 0.5) is 11.4 Å². The third-order valence-corrected chi connectivity index (χ3v) is 5.70. The van der Waals surface area contributed by atoms with Gasteiger partial charge in [-0.1, -0.05) is 35.9 Å². The number of nitrogens with one attached hydrogen (secondary N) is 1. The van der Waals surface area contributed by atoms with E-state index in [1.165, 1.54) is 4.90 Å². The Morgan fingerprint density at radius 3 is 2.09 bits per heavy atom. The lowest BCUT2D eigenvalue weighted by molar-refractivity contribution is -0.120. The fourth-order valence-corrected chi connectivity index (χ4v) is 4.21. The van der Waals surface area contributed by atoms with E-state index >= 15 is 0 Å². The molecule has 0 spiro atoms. The van der Waals surface area contributed by atoms with Crippen molar-refractivity contribution in [1.29, 1.82) is 0 Å². The van der Waals surface area contributed by atoms with E-state index in [2.05, 4.69) is 5.32 Å². The largest absolute Gasteiger partial charge is 0.486 e. The molecule has 166 valence electrons. The lowest BCUT2D eigenvalue weighted by atomic mass is 10.0. The summed E-state index contributed by atoms with van der Waals surface area (Å²) < 4.78 is 11.3. The van der Waals surface area contributed by atoms with Gasteiger partial charge in [-0.2, -0.15) is 0 Å². The van der Waals surface area contributed by atoms with Crippen LogP contribution in [0.25, 0.3) is 5.57 Å². The Morgan fingerprint density at radius 1 is 0.727 bits per heavy atom. The van der Waals surface area contributed by atoms with Crippen molar-refractivity contribution in [2.45, 2.75) is 20.8 Å². The van der Waals surface area contributed by atoms with Gasteiger partial charge >= 0.3 is 0 Å². The molecular formula is C27H24N2O4. The molecule has 3 aromatic carbocycles. The van der Waals surface area contributed by atoms with E-state index in [4.69, 9.17) is 9.47 Å². The zero-order chi connectivity index (χ0) is 23.1. The van der Waals surface area contributed by atoms with Crippen molar-refractivity contribution in [2.24, 2.45) is 0 Å². The third-order valence-electron chi connectivity index (χ3n) is 5.70. The average molecular weight is 440 g/mol. The molecule has 2 aliphatic rings. The summed E-state index contributed by atoms with van der Waals surface area (Å²) in [6, 6.07) is 18.7. The monoisotopic (exact) mass is 440 g/mol. The van der Waals surface area contributed by atoms with Gasteiger partial charge in [-0.3, -0.25) is 9.59 Å². The molecule has 0 unspecified atom stereocenters. The summed E-state index contributed by atoms with van der Waals surface area (Å²) in [5.74, 6) is 0.515. The standard InChI is InChI=1S/C27H24N2O4/c1-16-4-6-19(7-5-16)24-25(28-20-8-9-22-23(15-20)33-11-10-32-22)27(31)29(26(24)30)21-13-17(2)12-18(3)14-21/h4-9,12-15,28H,10-11H2,1-3H3. The van der Waals surface area contributed by atoms with E-state index in [0.29, 0.717) is 47.2 Å². The lowest BCUT2D eigenvalue weighted by Crippen LogP contribution is -2.32. The van der Waals surface area contributed by atoms with Crippen molar-refractivity contribution in [1.82, 2.24) is 0 Å². The van der Waals surface area contributed by atoms with Crippen molar-refractivity contribution in [2.75, 3.05) is 23.4 Å². The number of fused-ring (bicyclic) bond motifs is 1. The van der Waals surface area contributed by atoms with Crippen LogP contribution in [0, 0.1) is 20.8 Å². The molecule has 3 aromatic rings. The fourth-order valence-electron chi connectivity index (χ4n) is 4.21. The Bertz CT molecular complexity index is 1290. The number of aryl methyl sites for hydroxylation is 3. The van der Waals surface area contributed by atoms with Crippen molar-refractivity contribution >= 4 is 28.8 Å². The smallest absolute Gasteiger partial charge is 0.282 e. The van der Waals surface area contributed by atoms with Gasteiger partial charge in [0.2, 0.25) is 0 Å². The van der Waals surface area contributed by atoms with E-state index in [1.807, 2.05) is 69.3 Å². The summed E-state index contributed by atoms with van der Waals surface area (Å²) in [6.45, 7) is 6.84. The van der Waals surface area contributed by atoms with E-state index in [9.17, 15) is 9.59 Å². The van der Waals surface area contributed by atoms with E-state index in [1.54, 1.807) is 12.1 Å². The van der Waals surface area contributed by atoms with Crippen LogP contribution in [0.15, 0.2) is 66.4 Å². The Kier molecular flexibility index (Phi) is 5.13. The summed E-state index contributed by atoms with van der Waals surface area (Å²) in [5, 5.41) is 3.20. The number of hydrogen-bond donors (Lipinski definition) is 1. The van der Waals surface area contributed by atoms with Gasteiger partial charge in [-0.15, -0.1) is 0 Å². The molecule has 0 aliphatic carbocycles. The highest BCUT2D eigenvalue weighted by Crippen LogP contribution is 2.37. The predicted octanol–water partition coefficient (Wildman–Crippen LogP) is 4.78. The van der Waals surface area contributed by atoms with Gasteiger partial charge in [0.15, 0.2) is 11.5 Å². The maximum atomic E-state index is 13.6. The maximum absolute atomic E-state index is 13.6. The molecule has 2 amide bonds. The molecule has 0 radical (unpaired) electrons. The predicted molar refractivity (Wildman–Crippen MR) is 128 cm³/mol. The minimum absolute atomic E-state index is 0.236. The minimum atomic E-state index is -0.393. The molecule has 0 aromatic heterocycles. The van der Waals surface area contributed by atoms with Crippen LogP contribution in [0.3, 0.4) is 0 Å². The van der Waals surface area contributed by atoms with E-state index in [-0.39, 0.29) is 11.6 Å². The minimum Gasteiger partial charge on any atom is -0.486 e. The number of nitrogens with zero attached hydrogens (tertiary/aromatic N) is 1. The maximum Gasteiger partial charge on any atom is 0.282 e. The SMILES string of the molecule is Cc1ccc(C2=C(Nc3ccc4c(c3)OCCO4)C(=O)N(c3cc(C)cc(C)c3)C2=O)cc1. The zero-order valence-corrected chi connectivity index (χ0v) is 18.8. The van der Waals surface area contributed by atoms with Crippen molar-refractivity contribution in [3.8, 4) is 11.5 Å². The summed E-state index contributed by atoms with van der Waals surface area (Å²) >= 11 is 0. The summed E-state index contributed by atoms with van der Waals surface area (Å²) in [5.41, 5.74) is 5.50. The first-order valence-electron chi connectivity index (χ1n) is 10.9. The highest BCUT2D eigenvalue weighted by atomic mass is 16.6. The zero-order valence-electron chi connectivity index (χ0n) is 18.8. The van der Waals surface area contributed by atoms with Gasteiger partial charge in [-0.25, -0.2) is 4.90 Å². The van der Waals surface area contributed by atoms with Gasteiger partial charge in [-0.05, 0) is 61.7 Å². The number of hydrogen-bond acceptors (Lipinski definition) is 5. The molecule has 0 saturated heterocycles. The topological polar surface area (TPSA) is 67.9 Å². The second-order valence-electron chi connectivity index (χ2n) is 8.39. The second-order valence-corrected chi connectivity index (χ2v) is 8.39. The molecule has 5 rings (SSSR count). The molecule has 0 bridgehead atoms. The first kappa shape index (κ1) is 20.8. The number of carbonyl (C=O) groups is 2. The lowest BCUT2D eigenvalue weighted by Gasteiger charge is -2.19. The van der Waals surface area contributed by atoms with Gasteiger partial charge in [0.25, 0.3) is 11.8 Å². The number of carbonyl (C=O) groups excluding carboxylic acids is 2. The third kappa shape index (κ3) is 3.84. The summed E-state index contributed by atoms with van der Waals surface area (Å²) in [4.78, 5) is 28.5. The molecular weight excluding hydrogens is 416 g/mol. The number of rotatable bonds is 4. The number of imide groups is 1. The van der Waals surface area contributed by atoms with Gasteiger partial charge < -0.3 is 14.8 Å². The molecule has 0 atom stereocenters. The Morgan fingerprint density at radius 2 is 1.39 bits per heavy atom. The summed E-state index contributed by atoms with van der Waals surface area (Å²) in [7, 11) is 0. The van der Waals surface area contributed by atoms with Crippen molar-refractivity contribution < 1.29 is 19.1 Å². The number of benzene rings is 3. The van der Waals surface area contributed by atoms with Crippen LogP contribution < -0.4 is 19.7 Å². The van der Waals surface area contributed by atoms with Gasteiger partial charge in [0.05, 0.1) is 11.3 Å². The molecule has 6 heteroatoms. The number of ether oxygens (including phenoxy) is 2. The Balaban J connectivity index is 1.59. The van der Waals surface area contributed by atoms with Crippen LogP contribution in [0.5, 0.6) is 11.5 Å². The van der Waals surface area contributed by atoms with Crippen molar-refractivity contribution in [3.63, 3.8) is 0 Å². The summed E-state index contributed by atoms with van der Waals surface area (Å²) in [6.07, 6.45) is 0. The number of amides is 2. The molecule has 6 nitrogen and oxygen atoms in total. The van der Waals surface area contributed by atoms with E-state index < -0.39 is 5.91 Å². The quantitative estimate of drug-likeness (QED) is 0.592. The normalized spacial score (nSPS) is 15.3. The molecule has 2 aliphatic heterocycles. The first-order chi connectivity index (χ1) is 15.9. The molecule has 0 saturated carbocycles. The van der Waals surface area contributed by atoms with Crippen LogP contribution in [0.2, 0.25) is 0 Å². The van der Waals surface area contributed by atoms with Crippen LogP contribution in [-0.4, -0.2) is 25.0 Å². The second kappa shape index (κ2) is 8.13. The first-order valence-corrected chi connectivity index (χ1v) is 10.9. The molecule has 0 fully saturated rings. The highest BCUT2D eigenvalue weighted by Gasteiger charge is 2.40. The van der Waals surface area contributed by atoms with Crippen LogP contribution in [0.1, 0.15) is 22.3 Å². The highest BCUT2D eigenvalue weighted by molar-refractivity contribution is 6.46. The Hall–Kier alpha value is -4.06. The van der Waals surface area contributed by atoms with E-state index in [0.717, 1.165) is 16.7 Å². The fraction of sp³-hybridized carbons (Fsp3) is 0.185. The Labute approximate surface area is 192 Å². The van der Waals surface area contributed by atoms with Crippen LogP contribution >= 0.6 is 0 Å².